The van der Waals surface area contributed by atoms with Crippen molar-refractivity contribution in [2.45, 2.75) is 25.0 Å². The first-order valence-corrected chi connectivity index (χ1v) is 5.47. The molecule has 3 rings (SSSR count). The van der Waals surface area contributed by atoms with Crippen LogP contribution in [0.5, 0.6) is 5.88 Å². The quantitative estimate of drug-likeness (QED) is 0.655. The van der Waals surface area contributed by atoms with E-state index < -0.39 is 23.3 Å². The first kappa shape index (κ1) is 10.9. The number of rotatable bonds is 0. The summed E-state index contributed by atoms with van der Waals surface area (Å²) < 4.78 is 18.7. The van der Waals surface area contributed by atoms with Gasteiger partial charge in [-0.15, -0.1) is 0 Å². The summed E-state index contributed by atoms with van der Waals surface area (Å²) in [6.07, 6.45) is 0.946. The number of amides is 3. The zero-order chi connectivity index (χ0) is 12.9. The molecule has 3 heterocycles. The Morgan fingerprint density at radius 2 is 2.33 bits per heavy atom. The molecule has 0 aliphatic carbocycles. The Labute approximate surface area is 102 Å². The van der Waals surface area contributed by atoms with Crippen LogP contribution in [0.4, 0.5) is 9.18 Å². The second-order valence-electron chi connectivity index (χ2n) is 4.45. The third-order valence-corrected chi connectivity index (χ3v) is 3.13. The third-order valence-electron chi connectivity index (χ3n) is 3.13. The second-order valence-corrected chi connectivity index (χ2v) is 4.45. The highest BCUT2D eigenvalue weighted by molar-refractivity contribution is 6.07. The highest BCUT2D eigenvalue weighted by atomic mass is 19.1. The molecule has 3 amide bonds. The zero-order valence-electron chi connectivity index (χ0n) is 9.49. The SMILES string of the molecule is C[C@H]1C[C@@]2(NC(=O)NC2=O)c2cc(F)cnc2O1. The summed E-state index contributed by atoms with van der Waals surface area (Å²) in [7, 11) is 0. The molecule has 0 aromatic carbocycles. The van der Waals surface area contributed by atoms with Gasteiger partial charge in [-0.1, -0.05) is 0 Å². The number of aromatic nitrogens is 1. The standard InChI is InChI=1S/C11H10FN3O3/c1-5-3-11(9(16)14-10(17)15-11)7-2-6(12)4-13-8(7)18-5/h2,4-5H,3H2,1H3,(H2,14,15,16,17)/t5-,11+/m0/s1. The number of ether oxygens (including phenoxy) is 1. The lowest BCUT2D eigenvalue weighted by Gasteiger charge is -2.35. The van der Waals surface area contributed by atoms with Gasteiger partial charge in [0.25, 0.3) is 5.91 Å². The summed E-state index contributed by atoms with van der Waals surface area (Å²) in [5.74, 6) is -0.913. The van der Waals surface area contributed by atoms with E-state index in [1.54, 1.807) is 6.92 Å². The molecular formula is C11H10FN3O3. The lowest BCUT2D eigenvalue weighted by Crippen LogP contribution is -2.50. The predicted molar refractivity (Wildman–Crippen MR) is 57.3 cm³/mol. The van der Waals surface area contributed by atoms with E-state index in [0.717, 1.165) is 6.20 Å². The van der Waals surface area contributed by atoms with E-state index in [1.165, 1.54) is 6.07 Å². The van der Waals surface area contributed by atoms with Crippen LogP contribution in [-0.4, -0.2) is 23.0 Å². The van der Waals surface area contributed by atoms with Gasteiger partial charge in [-0.25, -0.2) is 14.2 Å². The van der Waals surface area contributed by atoms with Crippen LogP contribution in [-0.2, 0) is 10.3 Å². The van der Waals surface area contributed by atoms with Crippen molar-refractivity contribution < 1.29 is 18.7 Å². The minimum absolute atomic E-state index is 0.174. The van der Waals surface area contributed by atoms with Crippen molar-refractivity contribution in [3.8, 4) is 5.88 Å². The number of hydrogen-bond donors (Lipinski definition) is 2. The number of halogens is 1. The normalized spacial score (nSPS) is 29.6. The molecule has 0 unspecified atom stereocenters. The number of nitrogens with one attached hydrogen (secondary N) is 2. The van der Waals surface area contributed by atoms with Gasteiger partial charge in [0.2, 0.25) is 5.88 Å². The fraction of sp³-hybridized carbons (Fsp3) is 0.364. The lowest BCUT2D eigenvalue weighted by atomic mass is 9.83. The van der Waals surface area contributed by atoms with Crippen molar-refractivity contribution in [2.24, 2.45) is 0 Å². The molecule has 1 aromatic rings. The van der Waals surface area contributed by atoms with Crippen molar-refractivity contribution in [3.05, 3.63) is 23.6 Å². The predicted octanol–water partition coefficient (Wildman–Crippen LogP) is 0.426. The monoisotopic (exact) mass is 251 g/mol. The molecule has 94 valence electrons. The largest absolute Gasteiger partial charge is 0.474 e. The average molecular weight is 251 g/mol. The Bertz CT molecular complexity index is 562. The highest BCUT2D eigenvalue weighted by Gasteiger charge is 2.53. The Morgan fingerprint density at radius 3 is 3.00 bits per heavy atom. The van der Waals surface area contributed by atoms with Crippen molar-refractivity contribution >= 4 is 11.9 Å². The van der Waals surface area contributed by atoms with Gasteiger partial charge in [-0.2, -0.15) is 0 Å². The van der Waals surface area contributed by atoms with Crippen molar-refractivity contribution in [2.75, 3.05) is 0 Å². The van der Waals surface area contributed by atoms with E-state index in [2.05, 4.69) is 15.6 Å². The fourth-order valence-electron chi connectivity index (χ4n) is 2.42. The molecule has 1 spiro atoms. The van der Waals surface area contributed by atoms with Crippen molar-refractivity contribution in [1.82, 2.24) is 15.6 Å². The van der Waals surface area contributed by atoms with E-state index >= 15 is 0 Å². The summed E-state index contributed by atoms with van der Waals surface area (Å²) in [4.78, 5) is 27.1. The average Bonchev–Trinajstić information content (AvgIpc) is 2.55. The van der Waals surface area contributed by atoms with Gasteiger partial charge in [-0.3, -0.25) is 10.1 Å². The van der Waals surface area contributed by atoms with Crippen LogP contribution in [0, 0.1) is 5.82 Å². The molecule has 1 aromatic heterocycles. The highest BCUT2D eigenvalue weighted by Crippen LogP contribution is 2.40. The van der Waals surface area contributed by atoms with Crippen molar-refractivity contribution in [1.29, 1.82) is 0 Å². The number of nitrogens with zero attached hydrogens (tertiary/aromatic N) is 1. The molecule has 18 heavy (non-hydrogen) atoms. The molecule has 2 aliphatic rings. The van der Waals surface area contributed by atoms with E-state index in [0.29, 0.717) is 0 Å². The molecule has 0 bridgehead atoms. The molecule has 1 fully saturated rings. The minimum atomic E-state index is -1.28. The van der Waals surface area contributed by atoms with Gasteiger partial charge in [-0.05, 0) is 13.0 Å². The Balaban J connectivity index is 2.20. The summed E-state index contributed by atoms with van der Waals surface area (Å²) in [6.45, 7) is 1.76. The minimum Gasteiger partial charge on any atom is -0.474 e. The molecular weight excluding hydrogens is 241 g/mol. The van der Waals surface area contributed by atoms with Crippen LogP contribution in [0.1, 0.15) is 18.9 Å². The summed E-state index contributed by atoms with van der Waals surface area (Å²) in [5.41, 5.74) is -1.02. The maximum Gasteiger partial charge on any atom is 0.322 e. The van der Waals surface area contributed by atoms with E-state index in [9.17, 15) is 14.0 Å². The fourth-order valence-corrected chi connectivity index (χ4v) is 2.42. The first-order valence-electron chi connectivity index (χ1n) is 5.47. The third kappa shape index (κ3) is 1.36. The van der Waals surface area contributed by atoms with Gasteiger partial charge in [0, 0.05) is 6.42 Å². The maximum atomic E-state index is 13.3. The summed E-state index contributed by atoms with van der Waals surface area (Å²) in [5, 5.41) is 4.71. The summed E-state index contributed by atoms with van der Waals surface area (Å²) in [6, 6.07) is 0.573. The number of pyridine rings is 1. The number of hydrogen-bond acceptors (Lipinski definition) is 4. The van der Waals surface area contributed by atoms with Crippen LogP contribution < -0.4 is 15.4 Å². The lowest BCUT2D eigenvalue weighted by molar-refractivity contribution is -0.126. The zero-order valence-corrected chi connectivity index (χ0v) is 9.49. The smallest absolute Gasteiger partial charge is 0.322 e. The van der Waals surface area contributed by atoms with Gasteiger partial charge in [0.05, 0.1) is 11.8 Å². The van der Waals surface area contributed by atoms with Gasteiger partial charge in [0.15, 0.2) is 5.54 Å². The molecule has 2 aliphatic heterocycles. The van der Waals surface area contributed by atoms with E-state index in [4.69, 9.17) is 4.74 Å². The number of imide groups is 1. The van der Waals surface area contributed by atoms with Gasteiger partial charge < -0.3 is 10.1 Å². The molecule has 1 saturated heterocycles. The molecule has 2 atom stereocenters. The number of urea groups is 1. The van der Waals surface area contributed by atoms with Crippen LogP contribution in [0.2, 0.25) is 0 Å². The summed E-state index contributed by atoms with van der Waals surface area (Å²) >= 11 is 0. The van der Waals surface area contributed by atoms with Gasteiger partial charge >= 0.3 is 6.03 Å². The Morgan fingerprint density at radius 1 is 1.56 bits per heavy atom. The van der Waals surface area contributed by atoms with Crippen LogP contribution in [0.25, 0.3) is 0 Å². The Kier molecular flexibility index (Phi) is 2.07. The molecule has 2 N–H and O–H groups in total. The Hall–Kier alpha value is -2.18. The van der Waals surface area contributed by atoms with Crippen LogP contribution >= 0.6 is 0 Å². The maximum absolute atomic E-state index is 13.3. The first-order chi connectivity index (χ1) is 8.51. The second kappa shape index (κ2) is 3.41. The van der Waals surface area contributed by atoms with E-state index in [1.807, 2.05) is 0 Å². The van der Waals surface area contributed by atoms with E-state index in [-0.39, 0.29) is 24.0 Å². The molecule has 0 saturated carbocycles. The number of fused-ring (bicyclic) bond motifs is 2. The topological polar surface area (TPSA) is 80.3 Å². The van der Waals surface area contributed by atoms with Crippen LogP contribution in [0.3, 0.4) is 0 Å². The van der Waals surface area contributed by atoms with Gasteiger partial charge in [0.1, 0.15) is 11.9 Å². The van der Waals surface area contributed by atoms with Crippen LogP contribution in [0.15, 0.2) is 12.3 Å². The number of carbonyl (C=O) groups is 2. The van der Waals surface area contributed by atoms with Crippen molar-refractivity contribution in [3.63, 3.8) is 0 Å². The molecule has 6 nitrogen and oxygen atoms in total. The molecule has 7 heteroatoms. The number of carbonyl (C=O) groups excluding carboxylic acids is 2. The molecule has 0 radical (unpaired) electrons.